The predicted molar refractivity (Wildman–Crippen MR) is 58.4 cm³/mol. The number of benzene rings is 1. The normalized spacial score (nSPS) is 21.1. The van der Waals surface area contributed by atoms with Gasteiger partial charge in [-0.05, 0) is 23.9 Å². The van der Waals surface area contributed by atoms with Crippen molar-refractivity contribution in [3.8, 4) is 0 Å². The van der Waals surface area contributed by atoms with Crippen LogP contribution < -0.4 is 5.32 Å². The molecule has 0 saturated carbocycles. The van der Waals surface area contributed by atoms with Gasteiger partial charge in [-0.2, -0.15) is 0 Å². The number of nitrogens with one attached hydrogen (secondary N) is 1. The summed E-state index contributed by atoms with van der Waals surface area (Å²) in [6, 6.07) is 9.30. The second kappa shape index (κ2) is 2.85. The topological polar surface area (TPSA) is 17.0 Å². The fourth-order valence-electron chi connectivity index (χ4n) is 2.32. The molecule has 14 heavy (non-hydrogen) atoms. The maximum Gasteiger partial charge on any atom is 0.0528 e. The van der Waals surface area contributed by atoms with Gasteiger partial charge >= 0.3 is 0 Å². The highest BCUT2D eigenvalue weighted by atomic mass is 15.1. The summed E-state index contributed by atoms with van der Waals surface area (Å²) in [5, 5.41) is 4.83. The van der Waals surface area contributed by atoms with E-state index >= 15 is 0 Å². The van der Waals surface area contributed by atoms with E-state index in [1.54, 1.807) is 0 Å². The van der Waals surface area contributed by atoms with Crippen molar-refractivity contribution in [1.29, 1.82) is 0 Å². The average molecular weight is 186 g/mol. The molecule has 72 valence electrons. The zero-order valence-corrected chi connectivity index (χ0v) is 8.33. The highest BCUT2D eigenvalue weighted by Gasteiger charge is 2.14. The van der Waals surface area contributed by atoms with Crippen molar-refractivity contribution in [2.24, 2.45) is 0 Å². The molecule has 1 aliphatic heterocycles. The Bertz CT molecular complexity index is 470. The van der Waals surface area contributed by atoms with Crippen LogP contribution in [0.25, 0.3) is 10.9 Å². The Labute approximate surface area is 83.5 Å². The summed E-state index contributed by atoms with van der Waals surface area (Å²) >= 11 is 0. The van der Waals surface area contributed by atoms with Crippen molar-refractivity contribution in [3.05, 3.63) is 36.0 Å². The van der Waals surface area contributed by atoms with E-state index in [1.165, 1.54) is 16.5 Å². The smallest absolute Gasteiger partial charge is 0.0528 e. The number of nitrogens with zero attached hydrogens (tertiary/aromatic N) is 1. The van der Waals surface area contributed by atoms with Crippen LogP contribution in [0.2, 0.25) is 0 Å². The molecule has 2 aromatic rings. The molecule has 0 radical (unpaired) electrons. The van der Waals surface area contributed by atoms with E-state index in [0.717, 1.165) is 13.1 Å². The molecular weight excluding hydrogens is 172 g/mol. The first kappa shape index (κ1) is 8.06. The van der Waals surface area contributed by atoms with E-state index in [9.17, 15) is 0 Å². The Morgan fingerprint density at radius 1 is 1.36 bits per heavy atom. The van der Waals surface area contributed by atoms with Gasteiger partial charge in [-0.15, -0.1) is 0 Å². The van der Waals surface area contributed by atoms with E-state index < -0.39 is 0 Å². The second-order valence-corrected chi connectivity index (χ2v) is 4.06. The van der Waals surface area contributed by atoms with E-state index in [-0.39, 0.29) is 0 Å². The Kier molecular flexibility index (Phi) is 1.64. The third kappa shape index (κ3) is 1.01. The molecule has 0 aliphatic carbocycles. The first-order valence-corrected chi connectivity index (χ1v) is 5.15. The molecule has 0 saturated heterocycles. The van der Waals surface area contributed by atoms with Gasteiger partial charge < -0.3 is 9.88 Å². The third-order valence-electron chi connectivity index (χ3n) is 3.05. The molecule has 0 spiro atoms. The molecule has 2 heteroatoms. The quantitative estimate of drug-likeness (QED) is 0.668. The molecule has 1 N–H and O–H groups in total. The summed E-state index contributed by atoms with van der Waals surface area (Å²) in [6.45, 7) is 4.30. The predicted octanol–water partition coefficient (Wildman–Crippen LogP) is 2.31. The van der Waals surface area contributed by atoms with Gasteiger partial charge in [0, 0.05) is 25.3 Å². The maximum atomic E-state index is 3.47. The third-order valence-corrected chi connectivity index (χ3v) is 3.05. The van der Waals surface area contributed by atoms with Gasteiger partial charge in [0.25, 0.3) is 0 Å². The molecule has 0 fully saturated rings. The largest absolute Gasteiger partial charge is 0.343 e. The number of hydrogen-bond donors (Lipinski definition) is 1. The first-order chi connectivity index (χ1) is 6.86. The van der Waals surface area contributed by atoms with Crippen LogP contribution in [0, 0.1) is 0 Å². The summed E-state index contributed by atoms with van der Waals surface area (Å²) in [5.41, 5.74) is 2.82. The highest BCUT2D eigenvalue weighted by Crippen LogP contribution is 2.25. The van der Waals surface area contributed by atoms with Gasteiger partial charge in [0.1, 0.15) is 0 Å². The Morgan fingerprint density at radius 2 is 2.29 bits per heavy atom. The molecule has 2 heterocycles. The van der Waals surface area contributed by atoms with Gasteiger partial charge in [0.2, 0.25) is 0 Å². The molecule has 1 atom stereocenters. The second-order valence-electron chi connectivity index (χ2n) is 4.06. The van der Waals surface area contributed by atoms with Crippen molar-refractivity contribution in [2.75, 3.05) is 6.54 Å². The van der Waals surface area contributed by atoms with E-state index in [2.05, 4.69) is 47.3 Å². The molecule has 3 rings (SSSR count). The molecular formula is C12H14N2. The number of hydrogen-bond acceptors (Lipinski definition) is 1. The lowest BCUT2D eigenvalue weighted by atomic mass is 10.1. The van der Waals surface area contributed by atoms with Gasteiger partial charge in [-0.1, -0.05) is 18.2 Å². The Hall–Kier alpha value is -1.28. The Balaban J connectivity index is 2.38. The highest BCUT2D eigenvalue weighted by molar-refractivity contribution is 5.83. The lowest BCUT2D eigenvalue weighted by Gasteiger charge is -2.11. The standard InChI is InChI=1S/C12H14N2/c1-9-7-13-8-11-4-2-3-10-5-6-14(9)12(10)11/h2-6,9,13H,7-8H2,1H3/t9-/m0/s1. The monoisotopic (exact) mass is 186 g/mol. The number of rotatable bonds is 0. The summed E-state index contributed by atoms with van der Waals surface area (Å²) in [7, 11) is 0. The van der Waals surface area contributed by atoms with Crippen molar-refractivity contribution in [2.45, 2.75) is 19.5 Å². The summed E-state index contributed by atoms with van der Waals surface area (Å²) in [4.78, 5) is 0. The van der Waals surface area contributed by atoms with Crippen LogP contribution in [0.3, 0.4) is 0 Å². The molecule has 1 aromatic carbocycles. The molecule has 1 aromatic heterocycles. The maximum absolute atomic E-state index is 3.47. The fourth-order valence-corrected chi connectivity index (χ4v) is 2.32. The SMILES string of the molecule is C[C@H]1CNCc2cccc3ccn1c23. The fraction of sp³-hybridized carbons (Fsp3) is 0.333. The molecule has 2 nitrogen and oxygen atoms in total. The lowest BCUT2D eigenvalue weighted by molar-refractivity contribution is 0.521. The average Bonchev–Trinajstić information content (AvgIpc) is 2.54. The van der Waals surface area contributed by atoms with Crippen LogP contribution in [-0.2, 0) is 6.54 Å². The molecule has 0 bridgehead atoms. The molecule has 1 aliphatic rings. The zero-order valence-electron chi connectivity index (χ0n) is 8.33. The zero-order chi connectivity index (χ0) is 9.54. The minimum Gasteiger partial charge on any atom is -0.343 e. The number of para-hydroxylation sites is 1. The van der Waals surface area contributed by atoms with Gasteiger partial charge in [0.05, 0.1) is 5.52 Å². The van der Waals surface area contributed by atoms with Crippen LogP contribution in [0.4, 0.5) is 0 Å². The van der Waals surface area contributed by atoms with Crippen molar-refractivity contribution >= 4 is 10.9 Å². The van der Waals surface area contributed by atoms with Gasteiger partial charge in [-0.25, -0.2) is 0 Å². The summed E-state index contributed by atoms with van der Waals surface area (Å²) in [5.74, 6) is 0. The summed E-state index contributed by atoms with van der Waals surface area (Å²) < 4.78 is 2.38. The Morgan fingerprint density at radius 3 is 3.21 bits per heavy atom. The van der Waals surface area contributed by atoms with Gasteiger partial charge in [0.15, 0.2) is 0 Å². The van der Waals surface area contributed by atoms with Crippen LogP contribution in [-0.4, -0.2) is 11.1 Å². The van der Waals surface area contributed by atoms with E-state index in [4.69, 9.17) is 0 Å². The van der Waals surface area contributed by atoms with Crippen LogP contribution in [0.15, 0.2) is 30.5 Å². The first-order valence-electron chi connectivity index (χ1n) is 5.15. The van der Waals surface area contributed by atoms with Crippen LogP contribution in [0.5, 0.6) is 0 Å². The van der Waals surface area contributed by atoms with Crippen LogP contribution in [0.1, 0.15) is 18.5 Å². The van der Waals surface area contributed by atoms with Crippen LogP contribution >= 0.6 is 0 Å². The lowest BCUT2D eigenvalue weighted by Crippen LogP contribution is -2.19. The molecule has 0 amide bonds. The van der Waals surface area contributed by atoms with Gasteiger partial charge in [-0.3, -0.25) is 0 Å². The van der Waals surface area contributed by atoms with Crippen molar-refractivity contribution < 1.29 is 0 Å². The van der Waals surface area contributed by atoms with E-state index in [0.29, 0.717) is 6.04 Å². The van der Waals surface area contributed by atoms with E-state index in [1.807, 2.05) is 0 Å². The van der Waals surface area contributed by atoms with Crippen molar-refractivity contribution in [1.82, 2.24) is 9.88 Å². The van der Waals surface area contributed by atoms with Crippen molar-refractivity contribution in [3.63, 3.8) is 0 Å². The number of aromatic nitrogens is 1. The summed E-state index contributed by atoms with van der Waals surface area (Å²) in [6.07, 6.45) is 2.20. The minimum absolute atomic E-state index is 0.552. The molecule has 0 unspecified atom stereocenters. The minimum atomic E-state index is 0.552.